The molecule has 3 rings (SSSR count). The van der Waals surface area contributed by atoms with Crippen molar-refractivity contribution in [3.8, 4) is 17.2 Å². The number of thiazole rings is 1. The van der Waals surface area contributed by atoms with Crippen molar-refractivity contribution in [3.05, 3.63) is 41.5 Å². The molecule has 0 radical (unpaired) electrons. The minimum absolute atomic E-state index is 0.0359. The number of carbonyl (C=O) groups excluding carboxylic acids is 1. The van der Waals surface area contributed by atoms with Gasteiger partial charge in [-0.1, -0.05) is 25.2 Å². The third-order valence-corrected chi connectivity index (χ3v) is 6.59. The highest BCUT2D eigenvalue weighted by Crippen LogP contribution is 2.40. The molecule has 1 aromatic heterocycles. The van der Waals surface area contributed by atoms with Crippen molar-refractivity contribution in [1.82, 2.24) is 9.88 Å². The standard InChI is InChI=1S/C26H33F2N3O4S/c1-6-30(7-2)11-12-31(26-29-23-19(28)15-18(27)16-22(23)36-26)25(32)17-13-20(33-8-3)24(35-10-5)21(14-17)34-9-4/h13-16H,6-12H2,1-5H3. The van der Waals surface area contributed by atoms with Gasteiger partial charge in [0.05, 0.1) is 24.5 Å². The zero-order valence-corrected chi connectivity index (χ0v) is 22.2. The normalized spacial score (nSPS) is 11.2. The van der Waals surface area contributed by atoms with Crippen LogP contribution < -0.4 is 19.1 Å². The lowest BCUT2D eigenvalue weighted by molar-refractivity contribution is 0.0982. The number of carbonyl (C=O) groups is 1. The van der Waals surface area contributed by atoms with E-state index in [9.17, 15) is 13.6 Å². The monoisotopic (exact) mass is 521 g/mol. The number of anilines is 1. The molecule has 10 heteroatoms. The van der Waals surface area contributed by atoms with Crippen LogP contribution in [0.1, 0.15) is 45.0 Å². The fraction of sp³-hybridized carbons (Fsp3) is 0.462. The van der Waals surface area contributed by atoms with Gasteiger partial charge in [0.25, 0.3) is 5.91 Å². The third kappa shape index (κ3) is 6.22. The van der Waals surface area contributed by atoms with Crippen LogP contribution in [-0.2, 0) is 0 Å². The van der Waals surface area contributed by atoms with Gasteiger partial charge in [-0.3, -0.25) is 9.69 Å². The topological polar surface area (TPSA) is 64.1 Å². The van der Waals surface area contributed by atoms with E-state index in [-0.39, 0.29) is 16.6 Å². The average molecular weight is 522 g/mol. The summed E-state index contributed by atoms with van der Waals surface area (Å²) in [5.74, 6) is -0.575. The highest BCUT2D eigenvalue weighted by Gasteiger charge is 2.26. The predicted octanol–water partition coefficient (Wildman–Crippen LogP) is 5.76. The number of fused-ring (bicyclic) bond motifs is 1. The summed E-state index contributed by atoms with van der Waals surface area (Å²) in [6, 6.07) is 5.27. The fourth-order valence-electron chi connectivity index (χ4n) is 3.79. The minimum Gasteiger partial charge on any atom is -0.490 e. The lowest BCUT2D eigenvalue weighted by Crippen LogP contribution is -2.39. The highest BCUT2D eigenvalue weighted by molar-refractivity contribution is 7.22. The Hall–Kier alpha value is -2.98. The van der Waals surface area contributed by atoms with Crippen molar-refractivity contribution in [2.75, 3.05) is 50.9 Å². The molecule has 0 spiro atoms. The van der Waals surface area contributed by atoms with Crippen LogP contribution >= 0.6 is 11.3 Å². The summed E-state index contributed by atoms with van der Waals surface area (Å²) >= 11 is 1.07. The van der Waals surface area contributed by atoms with E-state index in [4.69, 9.17) is 14.2 Å². The number of nitrogens with zero attached hydrogens (tertiary/aromatic N) is 3. The first-order valence-electron chi connectivity index (χ1n) is 12.2. The third-order valence-electron chi connectivity index (χ3n) is 5.57. The van der Waals surface area contributed by atoms with E-state index >= 15 is 0 Å². The van der Waals surface area contributed by atoms with Gasteiger partial charge < -0.3 is 19.1 Å². The van der Waals surface area contributed by atoms with Crippen molar-refractivity contribution < 1.29 is 27.8 Å². The Morgan fingerprint density at radius 1 is 0.889 bits per heavy atom. The maximum absolute atomic E-state index is 14.4. The zero-order valence-electron chi connectivity index (χ0n) is 21.4. The second-order valence-corrected chi connectivity index (χ2v) is 8.82. The molecule has 0 aliphatic rings. The van der Waals surface area contributed by atoms with Gasteiger partial charge in [-0.05, 0) is 52.1 Å². The number of aromatic nitrogens is 1. The van der Waals surface area contributed by atoms with Gasteiger partial charge in [-0.2, -0.15) is 0 Å². The van der Waals surface area contributed by atoms with Crippen LogP contribution in [0.2, 0.25) is 0 Å². The van der Waals surface area contributed by atoms with Crippen molar-refractivity contribution in [2.45, 2.75) is 34.6 Å². The molecule has 2 aromatic carbocycles. The van der Waals surface area contributed by atoms with E-state index in [0.717, 1.165) is 30.5 Å². The Kier molecular flexibility index (Phi) is 9.83. The Bertz CT molecular complexity index is 1160. The predicted molar refractivity (Wildman–Crippen MR) is 139 cm³/mol. The van der Waals surface area contributed by atoms with Crippen LogP contribution in [0.3, 0.4) is 0 Å². The SMILES string of the molecule is CCOc1cc(C(=O)N(CCN(CC)CC)c2nc3c(F)cc(F)cc3s2)cc(OCC)c1OCC. The van der Waals surface area contributed by atoms with Crippen LogP contribution in [0.4, 0.5) is 13.9 Å². The molecule has 0 saturated heterocycles. The molecule has 0 aliphatic carbocycles. The Labute approximate surface area is 214 Å². The molecule has 0 N–H and O–H groups in total. The molecule has 0 fully saturated rings. The van der Waals surface area contributed by atoms with Crippen LogP contribution in [0.5, 0.6) is 17.2 Å². The number of hydrogen-bond acceptors (Lipinski definition) is 7. The largest absolute Gasteiger partial charge is 0.490 e. The van der Waals surface area contributed by atoms with Crippen molar-refractivity contribution in [3.63, 3.8) is 0 Å². The molecular weight excluding hydrogens is 488 g/mol. The maximum atomic E-state index is 14.4. The Morgan fingerprint density at radius 2 is 1.50 bits per heavy atom. The summed E-state index contributed by atoms with van der Waals surface area (Å²) in [4.78, 5) is 21.9. The number of ether oxygens (including phenoxy) is 3. The van der Waals surface area contributed by atoms with Gasteiger partial charge in [0, 0.05) is 24.7 Å². The molecular formula is C26H33F2N3O4S. The fourth-order valence-corrected chi connectivity index (χ4v) is 4.82. The Morgan fingerprint density at radius 3 is 2.06 bits per heavy atom. The van der Waals surface area contributed by atoms with Crippen molar-refractivity contribution >= 4 is 32.6 Å². The summed E-state index contributed by atoms with van der Waals surface area (Å²) < 4.78 is 45.9. The lowest BCUT2D eigenvalue weighted by atomic mass is 10.1. The van der Waals surface area contributed by atoms with E-state index in [1.54, 1.807) is 12.1 Å². The number of benzene rings is 2. The first-order chi connectivity index (χ1) is 17.4. The van der Waals surface area contributed by atoms with Crippen molar-refractivity contribution in [2.24, 2.45) is 0 Å². The smallest absolute Gasteiger partial charge is 0.260 e. The molecule has 0 aliphatic heterocycles. The summed E-state index contributed by atoms with van der Waals surface area (Å²) in [7, 11) is 0. The molecule has 0 saturated carbocycles. The number of likely N-dealkylation sites (N-methyl/N-ethyl adjacent to an activating group) is 1. The van der Waals surface area contributed by atoms with Crippen LogP contribution in [0.25, 0.3) is 10.2 Å². The molecule has 3 aromatic rings. The van der Waals surface area contributed by atoms with Gasteiger partial charge in [-0.25, -0.2) is 13.8 Å². The van der Waals surface area contributed by atoms with Crippen molar-refractivity contribution in [1.29, 1.82) is 0 Å². The van der Waals surface area contributed by atoms with E-state index < -0.39 is 11.6 Å². The number of amides is 1. The van der Waals surface area contributed by atoms with Gasteiger partial charge >= 0.3 is 0 Å². The van der Waals surface area contributed by atoms with E-state index in [0.29, 0.717) is 60.4 Å². The van der Waals surface area contributed by atoms with Gasteiger partial charge in [0.1, 0.15) is 11.3 Å². The molecule has 7 nitrogen and oxygen atoms in total. The lowest BCUT2D eigenvalue weighted by Gasteiger charge is -2.25. The van der Waals surface area contributed by atoms with Crippen LogP contribution in [0, 0.1) is 11.6 Å². The summed E-state index contributed by atoms with van der Waals surface area (Å²) in [5.41, 5.74) is 0.351. The minimum atomic E-state index is -0.762. The molecule has 196 valence electrons. The zero-order chi connectivity index (χ0) is 26.2. The van der Waals surface area contributed by atoms with Gasteiger partial charge in [-0.15, -0.1) is 0 Å². The van der Waals surface area contributed by atoms with Crippen LogP contribution in [0.15, 0.2) is 24.3 Å². The van der Waals surface area contributed by atoms with E-state index in [1.165, 1.54) is 11.0 Å². The molecule has 1 amide bonds. The summed E-state index contributed by atoms with van der Waals surface area (Å²) in [6.07, 6.45) is 0. The van der Waals surface area contributed by atoms with E-state index in [2.05, 4.69) is 9.88 Å². The van der Waals surface area contributed by atoms with E-state index in [1.807, 2.05) is 34.6 Å². The Balaban J connectivity index is 2.10. The number of rotatable bonds is 13. The quantitative estimate of drug-likeness (QED) is 0.285. The first kappa shape index (κ1) is 27.6. The molecule has 1 heterocycles. The molecule has 0 unspecified atom stereocenters. The summed E-state index contributed by atoms with van der Waals surface area (Å²) in [5, 5.41) is 0.288. The summed E-state index contributed by atoms with van der Waals surface area (Å²) in [6.45, 7) is 13.3. The second-order valence-electron chi connectivity index (χ2n) is 7.82. The highest BCUT2D eigenvalue weighted by atomic mass is 32.1. The molecule has 0 bridgehead atoms. The average Bonchev–Trinajstić information content (AvgIpc) is 3.27. The second kappa shape index (κ2) is 12.8. The number of hydrogen-bond donors (Lipinski definition) is 0. The number of halogens is 2. The molecule has 36 heavy (non-hydrogen) atoms. The maximum Gasteiger partial charge on any atom is 0.260 e. The van der Waals surface area contributed by atoms with Crippen LogP contribution in [-0.4, -0.2) is 61.8 Å². The van der Waals surface area contributed by atoms with Gasteiger partial charge in [0.2, 0.25) is 5.75 Å². The first-order valence-corrected chi connectivity index (χ1v) is 13.0. The molecule has 0 atom stereocenters. The van der Waals surface area contributed by atoms with Gasteiger partial charge in [0.15, 0.2) is 22.4 Å².